The minimum Gasteiger partial charge on any atom is -0.495 e. The molecule has 0 fully saturated rings. The number of nitrogens with zero attached hydrogens (tertiary/aromatic N) is 4. The zero-order valence-electron chi connectivity index (χ0n) is 18.9. The monoisotopic (exact) mass is 489 g/mol. The molecule has 3 aromatic carbocycles. The van der Waals surface area contributed by atoms with E-state index in [0.717, 1.165) is 5.56 Å². The average molecular weight is 490 g/mol. The van der Waals surface area contributed by atoms with Crippen LogP contribution in [0.2, 0.25) is 0 Å². The summed E-state index contributed by atoms with van der Waals surface area (Å²) in [6.07, 6.45) is 0. The van der Waals surface area contributed by atoms with Crippen molar-refractivity contribution >= 4 is 40.0 Å². The number of ether oxygens (including phenoxy) is 1. The number of hydrogen-bond acceptors (Lipinski definition) is 6. The van der Waals surface area contributed by atoms with E-state index in [-0.39, 0.29) is 23.0 Å². The molecule has 0 saturated heterocycles. The van der Waals surface area contributed by atoms with Crippen molar-refractivity contribution in [2.75, 3.05) is 18.2 Å². The smallest absolute Gasteiger partial charge is 0.267 e. The van der Waals surface area contributed by atoms with Crippen LogP contribution < -0.4 is 15.6 Å². The van der Waals surface area contributed by atoms with Crippen LogP contribution in [0.25, 0.3) is 22.4 Å². The average Bonchev–Trinajstić information content (AvgIpc) is 3.28. The molecule has 5 rings (SSSR count). The van der Waals surface area contributed by atoms with Crippen LogP contribution in [0.5, 0.6) is 5.75 Å². The van der Waals surface area contributed by atoms with E-state index in [2.05, 4.69) is 15.5 Å². The molecule has 0 saturated carbocycles. The van der Waals surface area contributed by atoms with Crippen LogP contribution in [0.1, 0.15) is 5.56 Å². The first-order valence-electron chi connectivity index (χ1n) is 10.7. The summed E-state index contributed by atoms with van der Waals surface area (Å²) >= 11 is 1.18. The topological polar surface area (TPSA) is 90.5 Å². The van der Waals surface area contributed by atoms with E-state index < -0.39 is 0 Å². The van der Waals surface area contributed by atoms with Gasteiger partial charge in [0.2, 0.25) is 11.7 Å². The van der Waals surface area contributed by atoms with Gasteiger partial charge in [0, 0.05) is 5.69 Å². The molecule has 176 valence electrons. The molecule has 8 nitrogen and oxygen atoms in total. The molecule has 0 aliphatic heterocycles. The van der Waals surface area contributed by atoms with Gasteiger partial charge in [-0.3, -0.25) is 14.0 Å². The van der Waals surface area contributed by atoms with Gasteiger partial charge in [-0.2, -0.15) is 0 Å². The molecular formula is C25H20FN5O3S. The second-order valence-electron chi connectivity index (χ2n) is 7.79. The van der Waals surface area contributed by atoms with E-state index in [1.807, 2.05) is 31.2 Å². The van der Waals surface area contributed by atoms with Crippen molar-refractivity contribution in [3.05, 3.63) is 88.5 Å². The molecule has 0 bridgehead atoms. The summed E-state index contributed by atoms with van der Waals surface area (Å²) in [6, 6.07) is 18.3. The number of fused-ring (bicyclic) bond motifs is 3. The highest BCUT2D eigenvalue weighted by atomic mass is 32.2. The van der Waals surface area contributed by atoms with Crippen molar-refractivity contribution in [2.45, 2.75) is 12.1 Å². The Bertz CT molecular complexity index is 1630. The third-order valence-electron chi connectivity index (χ3n) is 5.43. The van der Waals surface area contributed by atoms with E-state index in [1.54, 1.807) is 29.7 Å². The molecule has 1 N–H and O–H groups in total. The summed E-state index contributed by atoms with van der Waals surface area (Å²) in [5.74, 6) is 0.205. The molecule has 2 heterocycles. The van der Waals surface area contributed by atoms with Gasteiger partial charge in [-0.15, -0.1) is 10.2 Å². The molecule has 1 amide bonds. The Morgan fingerprint density at radius 1 is 1.09 bits per heavy atom. The lowest BCUT2D eigenvalue weighted by Gasteiger charge is -2.14. The van der Waals surface area contributed by atoms with Crippen LogP contribution in [-0.2, 0) is 4.79 Å². The molecule has 0 aliphatic rings. The number of rotatable bonds is 6. The first kappa shape index (κ1) is 22.6. The quantitative estimate of drug-likeness (QED) is 0.359. The van der Waals surface area contributed by atoms with E-state index in [4.69, 9.17) is 4.74 Å². The summed E-state index contributed by atoms with van der Waals surface area (Å²) in [6.45, 7) is 1.93. The van der Waals surface area contributed by atoms with E-state index in [9.17, 15) is 14.0 Å². The first-order chi connectivity index (χ1) is 17.0. The number of halogens is 1. The zero-order chi connectivity index (χ0) is 24.5. The fourth-order valence-corrected chi connectivity index (χ4v) is 4.56. The van der Waals surface area contributed by atoms with Crippen LogP contribution >= 0.6 is 11.8 Å². The number of benzene rings is 3. The highest BCUT2D eigenvalue weighted by Crippen LogP contribution is 2.28. The van der Waals surface area contributed by atoms with E-state index in [0.29, 0.717) is 39.0 Å². The highest BCUT2D eigenvalue weighted by Gasteiger charge is 2.20. The number of carbonyl (C=O) groups is 1. The fourth-order valence-electron chi connectivity index (χ4n) is 3.82. The molecule has 0 aliphatic carbocycles. The third kappa shape index (κ3) is 4.24. The lowest BCUT2D eigenvalue weighted by Crippen LogP contribution is -2.22. The molecule has 5 aromatic rings. The maximum Gasteiger partial charge on any atom is 0.267 e. The molecule has 0 radical (unpaired) electrons. The lowest BCUT2D eigenvalue weighted by atomic mass is 10.2. The molecule has 10 heteroatoms. The highest BCUT2D eigenvalue weighted by molar-refractivity contribution is 7.99. The third-order valence-corrected chi connectivity index (χ3v) is 6.36. The van der Waals surface area contributed by atoms with Gasteiger partial charge in [0.15, 0.2) is 5.16 Å². The molecule has 0 atom stereocenters. The largest absolute Gasteiger partial charge is 0.495 e. The van der Waals surface area contributed by atoms with E-state index >= 15 is 0 Å². The number of aromatic nitrogens is 4. The van der Waals surface area contributed by atoms with Gasteiger partial charge in [-0.05, 0) is 61.0 Å². The predicted octanol–water partition coefficient (Wildman–Crippen LogP) is 4.22. The normalized spacial score (nSPS) is 11.2. The summed E-state index contributed by atoms with van der Waals surface area (Å²) in [5, 5.41) is 12.2. The number of anilines is 1. The maximum atomic E-state index is 13.6. The number of aryl methyl sites for hydroxylation is 1. The number of para-hydroxylation sites is 1. The Balaban J connectivity index is 1.59. The summed E-state index contributed by atoms with van der Waals surface area (Å²) in [4.78, 5) is 26.1. The number of nitrogens with one attached hydrogen (secondary N) is 1. The zero-order valence-corrected chi connectivity index (χ0v) is 19.7. The SMILES string of the molecule is COc1ccc(C)cc1-n1c(=O)c2ccccc2n2c(SCC(=O)Nc3ccc(F)cc3)nnc12. The van der Waals surface area contributed by atoms with Crippen molar-refractivity contribution in [3.8, 4) is 11.4 Å². The van der Waals surface area contributed by atoms with Gasteiger partial charge in [-0.25, -0.2) is 8.96 Å². The Kier molecular flexibility index (Phi) is 5.96. The van der Waals surface area contributed by atoms with Crippen molar-refractivity contribution in [2.24, 2.45) is 0 Å². The Morgan fingerprint density at radius 3 is 2.63 bits per heavy atom. The Hall–Kier alpha value is -4.18. The summed E-state index contributed by atoms with van der Waals surface area (Å²) in [7, 11) is 1.54. The number of methoxy groups -OCH3 is 1. The predicted molar refractivity (Wildman–Crippen MR) is 133 cm³/mol. The van der Waals surface area contributed by atoms with Crippen LogP contribution in [0.4, 0.5) is 10.1 Å². The minimum absolute atomic E-state index is 0.0411. The minimum atomic E-state index is -0.379. The second kappa shape index (κ2) is 9.22. The van der Waals surface area contributed by atoms with Gasteiger partial charge in [0.25, 0.3) is 5.56 Å². The van der Waals surface area contributed by atoms with Crippen molar-refractivity contribution in [3.63, 3.8) is 0 Å². The summed E-state index contributed by atoms with van der Waals surface area (Å²) in [5.41, 5.74) is 2.36. The van der Waals surface area contributed by atoms with E-state index in [1.165, 1.54) is 40.6 Å². The summed E-state index contributed by atoms with van der Waals surface area (Å²) < 4.78 is 21.9. The van der Waals surface area contributed by atoms with Crippen molar-refractivity contribution < 1.29 is 13.9 Å². The van der Waals surface area contributed by atoms with Crippen molar-refractivity contribution in [1.82, 2.24) is 19.2 Å². The van der Waals surface area contributed by atoms with Gasteiger partial charge in [0.1, 0.15) is 11.6 Å². The van der Waals surface area contributed by atoms with Crippen LogP contribution in [-0.4, -0.2) is 37.9 Å². The van der Waals surface area contributed by atoms with Gasteiger partial charge in [0.05, 0.1) is 29.5 Å². The first-order valence-corrected chi connectivity index (χ1v) is 11.7. The molecule has 0 spiro atoms. The lowest BCUT2D eigenvalue weighted by molar-refractivity contribution is -0.113. The van der Waals surface area contributed by atoms with Crippen molar-refractivity contribution in [1.29, 1.82) is 0 Å². The molecule has 35 heavy (non-hydrogen) atoms. The van der Waals surface area contributed by atoms with Gasteiger partial charge >= 0.3 is 0 Å². The standard InChI is InChI=1S/C25H20FN5O3S/c1-15-7-12-21(34-2)20(13-15)30-23(33)18-5-3-4-6-19(18)31-24(30)28-29-25(31)35-14-22(32)27-17-10-8-16(26)9-11-17/h3-13H,14H2,1-2H3,(H,27,32). The number of carbonyl (C=O) groups excluding carboxylic acids is 1. The van der Waals surface area contributed by atoms with Crippen LogP contribution in [0.15, 0.2) is 76.7 Å². The number of amides is 1. The van der Waals surface area contributed by atoms with Gasteiger partial charge in [-0.1, -0.05) is 30.0 Å². The van der Waals surface area contributed by atoms with Gasteiger partial charge < -0.3 is 10.1 Å². The van der Waals surface area contributed by atoms with Crippen LogP contribution in [0, 0.1) is 12.7 Å². The van der Waals surface area contributed by atoms with Crippen LogP contribution in [0.3, 0.4) is 0 Å². The maximum absolute atomic E-state index is 13.6. The Morgan fingerprint density at radius 2 is 1.86 bits per heavy atom. The molecular weight excluding hydrogens is 469 g/mol. The number of thioether (sulfide) groups is 1. The molecule has 2 aromatic heterocycles. The Labute approximate surface area is 203 Å². The number of hydrogen-bond donors (Lipinski definition) is 1. The fraction of sp³-hybridized carbons (Fsp3) is 0.120. The second-order valence-corrected chi connectivity index (χ2v) is 8.74. The molecule has 0 unspecified atom stereocenters.